The van der Waals surface area contributed by atoms with E-state index in [4.69, 9.17) is 0 Å². The van der Waals surface area contributed by atoms with Crippen LogP contribution < -0.4 is 0 Å². The van der Waals surface area contributed by atoms with Gasteiger partial charge in [-0.25, -0.2) is 0 Å². The lowest BCUT2D eigenvalue weighted by atomic mass is 9.81. The number of rotatable bonds is 6. The van der Waals surface area contributed by atoms with Crippen LogP contribution in [0.4, 0.5) is 0 Å². The zero-order valence-corrected chi connectivity index (χ0v) is 19.6. The summed E-state index contributed by atoms with van der Waals surface area (Å²) >= 11 is 0. The molecule has 3 nitrogen and oxygen atoms in total. The van der Waals surface area contributed by atoms with E-state index in [0.29, 0.717) is 12.8 Å². The summed E-state index contributed by atoms with van der Waals surface area (Å²) in [5, 5.41) is 0. The fraction of sp³-hybridized carbons (Fsp3) is 0.267. The number of hydrogen-bond acceptors (Lipinski definition) is 2. The molecule has 1 aliphatic rings. The molecule has 4 rings (SSSR count). The Morgan fingerprint density at radius 2 is 1.45 bits per heavy atom. The van der Waals surface area contributed by atoms with Crippen LogP contribution in [0.5, 0.6) is 0 Å². The average Bonchev–Trinajstić information content (AvgIpc) is 3.13. The molecule has 1 unspecified atom stereocenters. The Bertz CT molecular complexity index is 1130. The molecule has 0 radical (unpaired) electrons. The van der Waals surface area contributed by atoms with Crippen LogP contribution in [0.2, 0.25) is 0 Å². The van der Waals surface area contributed by atoms with Crippen molar-refractivity contribution in [2.75, 3.05) is 0 Å². The number of amides is 1. The van der Waals surface area contributed by atoms with Crippen LogP contribution in [0.25, 0.3) is 17.2 Å². The molecule has 1 fully saturated rings. The van der Waals surface area contributed by atoms with Crippen LogP contribution >= 0.6 is 0 Å². The van der Waals surface area contributed by atoms with Crippen molar-refractivity contribution in [3.63, 3.8) is 0 Å². The smallest absolute Gasteiger partial charge is 0.237 e. The van der Waals surface area contributed by atoms with Crippen molar-refractivity contribution in [3.8, 4) is 11.1 Å². The van der Waals surface area contributed by atoms with Gasteiger partial charge in [-0.05, 0) is 41.2 Å². The Kier molecular flexibility index (Phi) is 6.60. The molecule has 1 heterocycles. The van der Waals surface area contributed by atoms with Crippen molar-refractivity contribution in [2.24, 2.45) is 11.3 Å². The zero-order valence-electron chi connectivity index (χ0n) is 19.6. The molecule has 3 heteroatoms. The molecular weight excluding hydrogens is 406 g/mol. The number of carbonyl (C=O) groups excluding carboxylic acids is 2. The average molecular weight is 438 g/mol. The van der Waals surface area contributed by atoms with Crippen molar-refractivity contribution in [1.29, 1.82) is 0 Å². The lowest BCUT2D eigenvalue weighted by Crippen LogP contribution is -2.34. The second-order valence-electron chi connectivity index (χ2n) is 9.80. The lowest BCUT2D eigenvalue weighted by molar-refractivity contribution is -0.139. The van der Waals surface area contributed by atoms with Crippen molar-refractivity contribution in [1.82, 2.24) is 4.90 Å². The number of benzene rings is 3. The second-order valence-corrected chi connectivity index (χ2v) is 9.80. The number of hydrogen-bond donors (Lipinski definition) is 0. The Labute approximate surface area is 196 Å². The third kappa shape index (κ3) is 5.31. The van der Waals surface area contributed by atoms with E-state index in [2.05, 4.69) is 36.4 Å². The van der Waals surface area contributed by atoms with Gasteiger partial charge in [0.1, 0.15) is 0 Å². The third-order valence-corrected chi connectivity index (χ3v) is 6.27. The van der Waals surface area contributed by atoms with Gasteiger partial charge in [0, 0.05) is 17.7 Å². The number of carbonyl (C=O) groups is 2. The molecule has 0 saturated carbocycles. The molecule has 3 aromatic rings. The quantitative estimate of drug-likeness (QED) is 0.419. The minimum absolute atomic E-state index is 0.0209. The Hall–Kier alpha value is -3.46. The lowest BCUT2D eigenvalue weighted by Gasteiger charge is -2.21. The van der Waals surface area contributed by atoms with Gasteiger partial charge in [-0.1, -0.05) is 106 Å². The maximum Gasteiger partial charge on any atom is 0.237 e. The fourth-order valence-electron chi connectivity index (χ4n) is 4.43. The van der Waals surface area contributed by atoms with E-state index in [-0.39, 0.29) is 17.7 Å². The Balaban J connectivity index is 1.57. The SMILES string of the molecule is CC(C)(C)C(=O)[C@@H]1CC(Cc2ccc(-c3ccccc3)cc2)N(C=Cc2ccccc2)C1=O. The number of likely N-dealkylation sites (tertiary alicyclic amines) is 1. The molecule has 3 aromatic carbocycles. The van der Waals surface area contributed by atoms with Crippen LogP contribution in [-0.4, -0.2) is 22.6 Å². The van der Waals surface area contributed by atoms with Crippen LogP contribution in [0, 0.1) is 11.3 Å². The number of Topliss-reactive ketones (excluding diaryl/α,β-unsaturated/α-hetero) is 1. The van der Waals surface area contributed by atoms with Crippen molar-refractivity contribution < 1.29 is 9.59 Å². The standard InChI is InChI=1S/C30H31NO2/c1-30(2,3)28(32)27-21-26(31(29(27)33)19-18-22-10-6-4-7-11-22)20-23-14-16-25(17-15-23)24-12-8-5-9-13-24/h4-19,26-27H,20-21H2,1-3H3/t26?,27-/m0/s1. The van der Waals surface area contributed by atoms with Gasteiger partial charge in [-0.3, -0.25) is 9.59 Å². The van der Waals surface area contributed by atoms with E-state index in [1.165, 1.54) is 11.1 Å². The summed E-state index contributed by atoms with van der Waals surface area (Å²) in [5.41, 5.74) is 4.00. The highest BCUT2D eigenvalue weighted by Crippen LogP contribution is 2.34. The van der Waals surface area contributed by atoms with Crippen molar-refractivity contribution in [3.05, 3.63) is 102 Å². The molecule has 0 aromatic heterocycles. The van der Waals surface area contributed by atoms with E-state index in [0.717, 1.165) is 11.1 Å². The first kappa shape index (κ1) is 22.7. The second kappa shape index (κ2) is 9.58. The van der Waals surface area contributed by atoms with Crippen LogP contribution in [0.15, 0.2) is 91.1 Å². The van der Waals surface area contributed by atoms with Gasteiger partial charge >= 0.3 is 0 Å². The minimum Gasteiger partial charge on any atom is -0.315 e. The summed E-state index contributed by atoms with van der Waals surface area (Å²) in [6, 6.07) is 28.7. The predicted molar refractivity (Wildman–Crippen MR) is 134 cm³/mol. The molecular formula is C30H31NO2. The molecule has 33 heavy (non-hydrogen) atoms. The van der Waals surface area contributed by atoms with Crippen LogP contribution in [0.1, 0.15) is 38.3 Å². The largest absolute Gasteiger partial charge is 0.315 e. The highest BCUT2D eigenvalue weighted by Gasteiger charge is 2.45. The maximum atomic E-state index is 13.3. The van der Waals surface area contributed by atoms with Crippen LogP contribution in [-0.2, 0) is 16.0 Å². The van der Waals surface area contributed by atoms with Gasteiger partial charge < -0.3 is 4.90 Å². The number of nitrogens with zero attached hydrogens (tertiary/aromatic N) is 1. The molecule has 2 atom stereocenters. The zero-order chi connectivity index (χ0) is 23.4. The van der Waals surface area contributed by atoms with Gasteiger partial charge in [-0.2, -0.15) is 0 Å². The molecule has 0 N–H and O–H groups in total. The highest BCUT2D eigenvalue weighted by atomic mass is 16.2. The van der Waals surface area contributed by atoms with Gasteiger partial charge in [-0.15, -0.1) is 0 Å². The maximum absolute atomic E-state index is 13.3. The predicted octanol–water partition coefficient (Wildman–Crippen LogP) is 6.40. The third-order valence-electron chi connectivity index (χ3n) is 6.27. The molecule has 0 aliphatic carbocycles. The van der Waals surface area contributed by atoms with Gasteiger partial charge in [0.15, 0.2) is 5.78 Å². The van der Waals surface area contributed by atoms with E-state index in [1.54, 1.807) is 4.90 Å². The summed E-state index contributed by atoms with van der Waals surface area (Å²) in [6.07, 6.45) is 5.08. The topological polar surface area (TPSA) is 37.4 Å². The summed E-state index contributed by atoms with van der Waals surface area (Å²) in [6.45, 7) is 5.67. The van der Waals surface area contributed by atoms with Crippen LogP contribution in [0.3, 0.4) is 0 Å². The summed E-state index contributed by atoms with van der Waals surface area (Å²) in [7, 11) is 0. The number of ketones is 1. The first-order chi connectivity index (χ1) is 15.8. The molecule has 0 bridgehead atoms. The van der Waals surface area contributed by atoms with Crippen molar-refractivity contribution in [2.45, 2.75) is 39.7 Å². The van der Waals surface area contributed by atoms with E-state index >= 15 is 0 Å². The highest BCUT2D eigenvalue weighted by molar-refractivity contribution is 6.05. The van der Waals surface area contributed by atoms with Gasteiger partial charge in [0.05, 0.1) is 5.92 Å². The monoisotopic (exact) mass is 437 g/mol. The Morgan fingerprint density at radius 1 is 0.879 bits per heavy atom. The molecule has 1 aliphatic heterocycles. The summed E-state index contributed by atoms with van der Waals surface area (Å²) < 4.78 is 0. The van der Waals surface area contributed by atoms with E-state index in [1.807, 2.05) is 81.6 Å². The first-order valence-corrected chi connectivity index (χ1v) is 11.6. The molecule has 0 spiro atoms. The summed E-state index contributed by atoms with van der Waals surface area (Å²) in [4.78, 5) is 28.1. The van der Waals surface area contributed by atoms with Gasteiger partial charge in [0.25, 0.3) is 0 Å². The van der Waals surface area contributed by atoms with E-state index in [9.17, 15) is 9.59 Å². The Morgan fingerprint density at radius 3 is 2.06 bits per heavy atom. The fourth-order valence-corrected chi connectivity index (χ4v) is 4.43. The normalized spacial score (nSPS) is 18.8. The summed E-state index contributed by atoms with van der Waals surface area (Å²) in [5.74, 6) is -0.653. The first-order valence-electron chi connectivity index (χ1n) is 11.6. The molecule has 1 saturated heterocycles. The van der Waals surface area contributed by atoms with E-state index < -0.39 is 11.3 Å². The minimum atomic E-state index is -0.584. The van der Waals surface area contributed by atoms with Gasteiger partial charge in [0.2, 0.25) is 5.91 Å². The molecule has 1 amide bonds. The van der Waals surface area contributed by atoms with Crippen molar-refractivity contribution >= 4 is 17.8 Å². The molecule has 168 valence electrons.